The van der Waals surface area contributed by atoms with Crippen LogP contribution in [0.4, 0.5) is 14.5 Å². The topological polar surface area (TPSA) is 64.0 Å². The summed E-state index contributed by atoms with van der Waals surface area (Å²) < 4.78 is 50.2. The number of alkyl halides is 2. The Hall–Kier alpha value is -2.74. The van der Waals surface area contributed by atoms with Gasteiger partial charge in [-0.25, -0.2) is 13.1 Å². The number of nitrogens with one attached hydrogen (secondary N) is 1. The number of hydrogen-bond donors (Lipinski definition) is 1. The highest BCUT2D eigenvalue weighted by Gasteiger charge is 2.26. The maximum absolute atomic E-state index is 12.6. The van der Waals surface area contributed by atoms with E-state index >= 15 is 0 Å². The molecule has 8 heteroatoms. The minimum Gasteiger partial charge on any atom is -0.379 e. The minimum atomic E-state index is -4.57. The molecule has 146 valence electrons. The number of nitrogens with zero attached hydrogens (tertiary/aromatic N) is 2. The number of hydrogen-bond acceptors (Lipinski definition) is 4. The molecule has 0 amide bonds. The predicted octanol–water partition coefficient (Wildman–Crippen LogP) is 3.97. The summed E-state index contributed by atoms with van der Waals surface area (Å²) in [5.74, 6) is -3.42. The van der Waals surface area contributed by atoms with E-state index in [0.717, 1.165) is 30.6 Å². The van der Waals surface area contributed by atoms with Crippen molar-refractivity contribution in [3.05, 3.63) is 71.5 Å². The first-order valence-corrected chi connectivity index (χ1v) is 10.5. The maximum Gasteiger partial charge on any atom is 0.341 e. The third-order valence-electron chi connectivity index (χ3n) is 4.89. The van der Waals surface area contributed by atoms with Crippen LogP contribution in [0.5, 0.6) is 0 Å². The average Bonchev–Trinajstić information content (AvgIpc) is 3.30. The molecule has 0 saturated heterocycles. The van der Waals surface area contributed by atoms with Gasteiger partial charge in [0.1, 0.15) is 0 Å². The number of fused-ring (bicyclic) bond motifs is 1. The fourth-order valence-corrected chi connectivity index (χ4v) is 4.21. The van der Waals surface area contributed by atoms with Crippen LogP contribution in [0.2, 0.25) is 0 Å². The first-order chi connectivity index (χ1) is 13.5. The smallest absolute Gasteiger partial charge is 0.341 e. The van der Waals surface area contributed by atoms with Crippen LogP contribution in [-0.2, 0) is 29.2 Å². The Kier molecular flexibility index (Phi) is 4.89. The summed E-state index contributed by atoms with van der Waals surface area (Å²) in [6.07, 6.45) is 3.05. The highest BCUT2D eigenvalue weighted by atomic mass is 32.2. The van der Waals surface area contributed by atoms with Crippen molar-refractivity contribution >= 4 is 15.5 Å². The molecular weight excluding hydrogens is 384 g/mol. The molecule has 0 spiro atoms. The van der Waals surface area contributed by atoms with Gasteiger partial charge in [-0.15, -0.1) is 0 Å². The Labute approximate surface area is 161 Å². The number of sulfone groups is 1. The van der Waals surface area contributed by atoms with Gasteiger partial charge in [0.05, 0.1) is 22.8 Å². The summed E-state index contributed by atoms with van der Waals surface area (Å²) in [5, 5.41) is 7.96. The molecule has 28 heavy (non-hydrogen) atoms. The molecule has 0 unspecified atom stereocenters. The van der Waals surface area contributed by atoms with Crippen molar-refractivity contribution in [3.8, 4) is 5.69 Å². The number of halogens is 2. The molecule has 1 aromatic heterocycles. The van der Waals surface area contributed by atoms with E-state index in [1.165, 1.54) is 35.5 Å². The first kappa shape index (κ1) is 18.6. The lowest BCUT2D eigenvalue weighted by atomic mass is 10.2. The number of anilines is 1. The lowest BCUT2D eigenvalue weighted by Crippen LogP contribution is -2.11. The van der Waals surface area contributed by atoms with Crippen molar-refractivity contribution in [1.82, 2.24) is 9.78 Å². The molecule has 5 nitrogen and oxygen atoms in total. The van der Waals surface area contributed by atoms with Crippen molar-refractivity contribution in [1.29, 1.82) is 0 Å². The highest BCUT2D eigenvalue weighted by molar-refractivity contribution is 7.91. The fraction of sp³-hybridized carbons (Fsp3) is 0.250. The van der Waals surface area contributed by atoms with Crippen molar-refractivity contribution in [2.24, 2.45) is 0 Å². The summed E-state index contributed by atoms with van der Waals surface area (Å²) in [5.41, 5.74) is 5.08. The van der Waals surface area contributed by atoms with Crippen LogP contribution in [0.1, 0.15) is 23.4 Å². The van der Waals surface area contributed by atoms with Crippen LogP contribution in [0.15, 0.2) is 59.5 Å². The van der Waals surface area contributed by atoms with Gasteiger partial charge < -0.3 is 5.32 Å². The third kappa shape index (κ3) is 3.40. The predicted molar refractivity (Wildman–Crippen MR) is 103 cm³/mol. The Morgan fingerprint density at radius 3 is 2.43 bits per heavy atom. The summed E-state index contributed by atoms with van der Waals surface area (Å²) >= 11 is 0. The van der Waals surface area contributed by atoms with E-state index in [0.29, 0.717) is 12.2 Å². The van der Waals surface area contributed by atoms with Gasteiger partial charge in [0.15, 0.2) is 0 Å². The van der Waals surface area contributed by atoms with Gasteiger partial charge in [0.25, 0.3) is 0 Å². The molecule has 1 heterocycles. The van der Waals surface area contributed by atoms with Crippen molar-refractivity contribution < 1.29 is 17.2 Å². The second-order valence-corrected chi connectivity index (χ2v) is 8.57. The van der Waals surface area contributed by atoms with Crippen molar-refractivity contribution in [2.45, 2.75) is 36.5 Å². The Bertz CT molecular complexity index is 1080. The zero-order chi connectivity index (χ0) is 19.7. The molecule has 4 rings (SSSR count). The van der Waals surface area contributed by atoms with Crippen molar-refractivity contribution in [3.63, 3.8) is 0 Å². The quantitative estimate of drug-likeness (QED) is 0.677. The van der Waals surface area contributed by atoms with E-state index in [9.17, 15) is 17.2 Å². The van der Waals surface area contributed by atoms with E-state index in [4.69, 9.17) is 5.10 Å². The summed E-state index contributed by atoms with van der Waals surface area (Å²) in [7, 11) is -4.57. The molecule has 0 bridgehead atoms. The van der Waals surface area contributed by atoms with Gasteiger partial charge in [-0.1, -0.05) is 18.2 Å². The number of benzene rings is 2. The molecule has 3 aromatic rings. The van der Waals surface area contributed by atoms with Gasteiger partial charge in [0.2, 0.25) is 9.84 Å². The van der Waals surface area contributed by atoms with Gasteiger partial charge >= 0.3 is 5.76 Å². The lowest BCUT2D eigenvalue weighted by Gasteiger charge is -2.08. The molecule has 0 fully saturated rings. The molecule has 0 saturated carbocycles. The zero-order valence-electron chi connectivity index (χ0n) is 15.0. The molecular formula is C20H19F2N3O2S. The molecule has 2 aromatic carbocycles. The molecule has 0 atom stereocenters. The molecule has 1 aliphatic rings. The molecule has 0 aliphatic heterocycles. The number of rotatable bonds is 6. The van der Waals surface area contributed by atoms with Crippen LogP contribution in [-0.4, -0.2) is 24.0 Å². The van der Waals surface area contributed by atoms with E-state index in [-0.39, 0.29) is 4.90 Å². The summed E-state index contributed by atoms with van der Waals surface area (Å²) in [6, 6.07) is 15.3. The van der Waals surface area contributed by atoms with E-state index in [2.05, 4.69) is 5.32 Å². The van der Waals surface area contributed by atoms with E-state index in [1.54, 1.807) is 0 Å². The monoisotopic (exact) mass is 403 g/mol. The fourth-order valence-electron chi connectivity index (χ4n) is 3.49. The second-order valence-electron chi connectivity index (χ2n) is 6.66. The standard InChI is InChI=1S/C20H19F2N3O2S/c21-20(22)28(26,27)16-11-9-14(10-12-16)23-13-18-17-7-4-8-19(17)25(24-18)15-5-2-1-3-6-15/h1-3,5-6,9-12,20,23H,4,7-8,13H2. The molecule has 1 N–H and O–H groups in total. The third-order valence-corrected chi connectivity index (χ3v) is 6.29. The zero-order valence-corrected chi connectivity index (χ0v) is 15.8. The average molecular weight is 403 g/mol. The van der Waals surface area contributed by atoms with Gasteiger partial charge in [-0.05, 0) is 61.2 Å². The van der Waals surface area contributed by atoms with Gasteiger partial charge in [-0.3, -0.25) is 0 Å². The van der Waals surface area contributed by atoms with Crippen LogP contribution in [0.3, 0.4) is 0 Å². The van der Waals surface area contributed by atoms with Crippen LogP contribution < -0.4 is 5.32 Å². The number of aromatic nitrogens is 2. The van der Waals surface area contributed by atoms with E-state index in [1.807, 2.05) is 35.0 Å². The maximum atomic E-state index is 12.6. The Morgan fingerprint density at radius 2 is 1.75 bits per heavy atom. The summed E-state index contributed by atoms with van der Waals surface area (Å²) in [6.45, 7) is 0.475. The Morgan fingerprint density at radius 1 is 1.04 bits per heavy atom. The van der Waals surface area contributed by atoms with Gasteiger partial charge in [0, 0.05) is 11.4 Å². The Balaban J connectivity index is 1.53. The van der Waals surface area contributed by atoms with Crippen LogP contribution in [0.25, 0.3) is 5.69 Å². The normalized spacial score (nSPS) is 13.7. The summed E-state index contributed by atoms with van der Waals surface area (Å²) in [4.78, 5) is -0.387. The minimum absolute atomic E-state index is 0.387. The SMILES string of the molecule is O=S(=O)(c1ccc(NCc2nn(-c3ccccc3)c3c2CCC3)cc1)C(F)F. The van der Waals surface area contributed by atoms with E-state index < -0.39 is 15.6 Å². The first-order valence-electron chi connectivity index (χ1n) is 8.98. The van der Waals surface area contributed by atoms with Crippen LogP contribution in [0, 0.1) is 0 Å². The van der Waals surface area contributed by atoms with Gasteiger partial charge in [-0.2, -0.15) is 13.9 Å². The second kappa shape index (κ2) is 7.35. The largest absolute Gasteiger partial charge is 0.379 e. The van der Waals surface area contributed by atoms with Crippen molar-refractivity contribution in [2.75, 3.05) is 5.32 Å². The number of para-hydroxylation sites is 1. The molecule has 0 radical (unpaired) electrons. The lowest BCUT2D eigenvalue weighted by molar-refractivity contribution is 0.234. The van der Waals surface area contributed by atoms with Crippen LogP contribution >= 0.6 is 0 Å². The molecule has 1 aliphatic carbocycles. The highest BCUT2D eigenvalue weighted by Crippen LogP contribution is 2.28.